The molecule has 0 spiro atoms. The molecule has 6 nitrogen and oxygen atoms in total. The second-order valence-electron chi connectivity index (χ2n) is 4.67. The van der Waals surface area contributed by atoms with Crippen molar-refractivity contribution in [1.82, 2.24) is 10.2 Å². The van der Waals surface area contributed by atoms with Gasteiger partial charge >= 0.3 is 0 Å². The van der Waals surface area contributed by atoms with E-state index in [0.717, 1.165) is 0 Å². The zero-order valence-electron chi connectivity index (χ0n) is 11.2. The molecule has 1 aliphatic rings. The van der Waals surface area contributed by atoms with E-state index in [4.69, 9.17) is 5.26 Å². The van der Waals surface area contributed by atoms with Gasteiger partial charge in [-0.05, 0) is 31.2 Å². The van der Waals surface area contributed by atoms with Gasteiger partial charge in [-0.15, -0.1) is 0 Å². The van der Waals surface area contributed by atoms with Crippen LogP contribution in [0.25, 0.3) is 0 Å². The zero-order chi connectivity index (χ0) is 14.5. The fourth-order valence-electron chi connectivity index (χ4n) is 2.06. The number of amides is 2. The summed E-state index contributed by atoms with van der Waals surface area (Å²) in [6, 6.07) is 8.38. The van der Waals surface area contributed by atoms with Crippen molar-refractivity contribution in [3.05, 3.63) is 29.8 Å². The molecule has 20 heavy (non-hydrogen) atoms. The molecule has 1 atom stereocenters. The Morgan fingerprint density at radius 2 is 2.20 bits per heavy atom. The number of hydrogen-bond donors (Lipinski definition) is 2. The van der Waals surface area contributed by atoms with Crippen molar-refractivity contribution in [1.29, 1.82) is 5.26 Å². The molecular formula is C14H16N4O2. The fraction of sp³-hybridized carbons (Fsp3) is 0.357. The minimum Gasteiger partial charge on any atom is -0.353 e. The Kier molecular flexibility index (Phi) is 4.33. The van der Waals surface area contributed by atoms with E-state index in [-0.39, 0.29) is 24.4 Å². The molecule has 1 fully saturated rings. The summed E-state index contributed by atoms with van der Waals surface area (Å²) in [5.41, 5.74) is 1.19. The predicted molar refractivity (Wildman–Crippen MR) is 73.8 cm³/mol. The Balaban J connectivity index is 1.91. The Morgan fingerprint density at radius 3 is 2.85 bits per heavy atom. The summed E-state index contributed by atoms with van der Waals surface area (Å²) in [5, 5.41) is 14.2. The molecular weight excluding hydrogens is 256 g/mol. The van der Waals surface area contributed by atoms with Crippen LogP contribution in [0, 0.1) is 11.3 Å². The van der Waals surface area contributed by atoms with E-state index >= 15 is 0 Å². The van der Waals surface area contributed by atoms with Crippen LogP contribution in [0.5, 0.6) is 0 Å². The van der Waals surface area contributed by atoms with Gasteiger partial charge in [0.05, 0.1) is 24.2 Å². The monoisotopic (exact) mass is 272 g/mol. The number of carbonyl (C=O) groups is 2. The van der Waals surface area contributed by atoms with Gasteiger partial charge in [0.2, 0.25) is 11.8 Å². The SMILES string of the molecule is CC1C(=O)NCCN1CC(=O)Nc1ccc(C#N)cc1. The lowest BCUT2D eigenvalue weighted by Gasteiger charge is -2.31. The molecule has 1 aromatic carbocycles. The molecule has 0 bridgehead atoms. The molecule has 0 saturated carbocycles. The molecule has 104 valence electrons. The van der Waals surface area contributed by atoms with E-state index in [1.54, 1.807) is 31.2 Å². The summed E-state index contributed by atoms with van der Waals surface area (Å²) < 4.78 is 0. The van der Waals surface area contributed by atoms with E-state index in [9.17, 15) is 9.59 Å². The highest BCUT2D eigenvalue weighted by Gasteiger charge is 2.26. The third kappa shape index (κ3) is 3.33. The van der Waals surface area contributed by atoms with Gasteiger partial charge in [0.15, 0.2) is 0 Å². The van der Waals surface area contributed by atoms with E-state index < -0.39 is 0 Å². The van der Waals surface area contributed by atoms with Crippen LogP contribution in [0.4, 0.5) is 5.69 Å². The number of nitriles is 1. The average Bonchev–Trinajstić information content (AvgIpc) is 2.45. The van der Waals surface area contributed by atoms with Crippen LogP contribution in [0.2, 0.25) is 0 Å². The fourth-order valence-corrected chi connectivity index (χ4v) is 2.06. The lowest BCUT2D eigenvalue weighted by Crippen LogP contribution is -2.55. The van der Waals surface area contributed by atoms with E-state index in [1.807, 2.05) is 11.0 Å². The van der Waals surface area contributed by atoms with E-state index in [0.29, 0.717) is 24.3 Å². The number of nitrogens with zero attached hydrogens (tertiary/aromatic N) is 2. The minimum atomic E-state index is -0.296. The van der Waals surface area contributed by atoms with E-state index in [2.05, 4.69) is 10.6 Å². The Bertz CT molecular complexity index is 547. The molecule has 0 aromatic heterocycles. The van der Waals surface area contributed by atoms with Crippen LogP contribution in [0.15, 0.2) is 24.3 Å². The van der Waals surface area contributed by atoms with Gasteiger partial charge in [-0.25, -0.2) is 0 Å². The first-order chi connectivity index (χ1) is 9.60. The van der Waals surface area contributed by atoms with Gasteiger partial charge in [0.1, 0.15) is 0 Å². The third-order valence-electron chi connectivity index (χ3n) is 3.27. The molecule has 1 heterocycles. The Hall–Kier alpha value is -2.39. The average molecular weight is 272 g/mol. The molecule has 6 heteroatoms. The van der Waals surface area contributed by atoms with Crippen molar-refractivity contribution in [3.8, 4) is 6.07 Å². The number of rotatable bonds is 3. The number of carbonyl (C=O) groups excluding carboxylic acids is 2. The summed E-state index contributed by atoms with van der Waals surface area (Å²) in [7, 11) is 0. The molecule has 2 rings (SSSR count). The van der Waals surface area contributed by atoms with Crippen molar-refractivity contribution in [2.45, 2.75) is 13.0 Å². The highest BCUT2D eigenvalue weighted by Crippen LogP contribution is 2.09. The Labute approximate surface area is 117 Å². The van der Waals surface area contributed by atoms with Crippen LogP contribution < -0.4 is 10.6 Å². The van der Waals surface area contributed by atoms with Crippen LogP contribution in [0.1, 0.15) is 12.5 Å². The quantitative estimate of drug-likeness (QED) is 0.829. The zero-order valence-corrected chi connectivity index (χ0v) is 11.2. The van der Waals surface area contributed by atoms with Crippen molar-refractivity contribution in [3.63, 3.8) is 0 Å². The van der Waals surface area contributed by atoms with Crippen LogP contribution in [-0.2, 0) is 9.59 Å². The lowest BCUT2D eigenvalue weighted by atomic mass is 10.2. The first-order valence-corrected chi connectivity index (χ1v) is 6.42. The Morgan fingerprint density at radius 1 is 1.50 bits per heavy atom. The summed E-state index contributed by atoms with van der Waals surface area (Å²) in [6.45, 7) is 3.18. The number of anilines is 1. The largest absolute Gasteiger partial charge is 0.353 e. The second-order valence-corrected chi connectivity index (χ2v) is 4.67. The predicted octanol–water partition coefficient (Wildman–Crippen LogP) is 0.317. The molecule has 1 aromatic rings. The van der Waals surface area contributed by atoms with Crippen molar-refractivity contribution >= 4 is 17.5 Å². The normalized spacial score (nSPS) is 19.0. The van der Waals surface area contributed by atoms with Gasteiger partial charge in [-0.2, -0.15) is 5.26 Å². The molecule has 2 N–H and O–H groups in total. The number of piperazine rings is 1. The molecule has 0 aliphatic carbocycles. The minimum absolute atomic E-state index is 0.0533. The first kappa shape index (κ1) is 14.0. The number of hydrogen-bond acceptors (Lipinski definition) is 4. The van der Waals surface area contributed by atoms with E-state index in [1.165, 1.54) is 0 Å². The maximum absolute atomic E-state index is 11.9. The molecule has 2 amide bonds. The van der Waals surface area contributed by atoms with Gasteiger partial charge in [-0.1, -0.05) is 0 Å². The highest BCUT2D eigenvalue weighted by molar-refractivity contribution is 5.93. The van der Waals surface area contributed by atoms with Crippen molar-refractivity contribution in [2.24, 2.45) is 0 Å². The van der Waals surface area contributed by atoms with Crippen molar-refractivity contribution in [2.75, 3.05) is 25.0 Å². The van der Waals surface area contributed by atoms with Crippen LogP contribution >= 0.6 is 0 Å². The summed E-state index contributed by atoms with van der Waals surface area (Å²) >= 11 is 0. The molecule has 1 aliphatic heterocycles. The van der Waals surface area contributed by atoms with Gasteiger partial charge < -0.3 is 10.6 Å². The van der Waals surface area contributed by atoms with Gasteiger partial charge in [-0.3, -0.25) is 14.5 Å². The summed E-state index contributed by atoms with van der Waals surface area (Å²) in [5.74, 6) is -0.223. The number of nitrogens with one attached hydrogen (secondary N) is 2. The summed E-state index contributed by atoms with van der Waals surface area (Å²) in [6.07, 6.45) is 0. The summed E-state index contributed by atoms with van der Waals surface area (Å²) in [4.78, 5) is 25.3. The molecule has 1 saturated heterocycles. The molecule has 1 unspecified atom stereocenters. The van der Waals surface area contributed by atoms with Crippen LogP contribution in [0.3, 0.4) is 0 Å². The van der Waals surface area contributed by atoms with Crippen molar-refractivity contribution < 1.29 is 9.59 Å². The van der Waals surface area contributed by atoms with Crippen LogP contribution in [-0.4, -0.2) is 42.4 Å². The second kappa shape index (κ2) is 6.17. The standard InChI is InChI=1S/C14H16N4O2/c1-10-14(20)16-6-7-18(10)9-13(19)17-12-4-2-11(8-15)3-5-12/h2-5,10H,6-7,9H2,1H3,(H,16,20)(H,17,19). The topological polar surface area (TPSA) is 85.2 Å². The highest BCUT2D eigenvalue weighted by atomic mass is 16.2. The first-order valence-electron chi connectivity index (χ1n) is 6.42. The van der Waals surface area contributed by atoms with Gasteiger partial charge in [0.25, 0.3) is 0 Å². The molecule has 0 radical (unpaired) electrons. The number of benzene rings is 1. The van der Waals surface area contributed by atoms with Gasteiger partial charge in [0, 0.05) is 18.8 Å². The smallest absolute Gasteiger partial charge is 0.238 e. The maximum Gasteiger partial charge on any atom is 0.238 e. The maximum atomic E-state index is 11.9. The lowest BCUT2D eigenvalue weighted by molar-refractivity contribution is -0.129. The third-order valence-corrected chi connectivity index (χ3v) is 3.27.